The number of para-hydroxylation sites is 1. The third-order valence-electron chi connectivity index (χ3n) is 3.10. The summed E-state index contributed by atoms with van der Waals surface area (Å²) in [7, 11) is 2.04. The molecule has 0 bridgehead atoms. The van der Waals surface area contributed by atoms with E-state index in [4.69, 9.17) is 4.74 Å². The molecule has 96 valence electrons. The lowest BCUT2D eigenvalue weighted by atomic mass is 10.0. The van der Waals surface area contributed by atoms with Gasteiger partial charge in [-0.2, -0.15) is 0 Å². The molecule has 0 radical (unpaired) electrons. The van der Waals surface area contributed by atoms with Crippen LogP contribution in [0.1, 0.15) is 38.7 Å². The number of rotatable bonds is 8. The van der Waals surface area contributed by atoms with E-state index >= 15 is 0 Å². The van der Waals surface area contributed by atoms with Crippen LogP contribution in [0, 0.1) is 0 Å². The fraction of sp³-hybridized carbons (Fsp3) is 0.600. The fourth-order valence-electron chi connectivity index (χ4n) is 1.95. The minimum Gasteiger partial charge on any atom is -0.493 e. The molecule has 1 rings (SSSR count). The Morgan fingerprint density at radius 2 is 2.00 bits per heavy atom. The second kappa shape index (κ2) is 8.13. The normalized spacial score (nSPS) is 12.4. The standard InChI is InChI=1S/C15H25NO/c1-4-12-17-15-9-7-6-8-13(15)10-11-14(5-2)16-3/h6-9,14,16H,4-5,10-12H2,1-3H3. The number of aryl methyl sites for hydroxylation is 1. The van der Waals surface area contributed by atoms with E-state index in [0.29, 0.717) is 6.04 Å². The quantitative estimate of drug-likeness (QED) is 0.745. The zero-order chi connectivity index (χ0) is 12.5. The summed E-state index contributed by atoms with van der Waals surface area (Å²) in [5.41, 5.74) is 1.33. The van der Waals surface area contributed by atoms with Crippen molar-refractivity contribution in [3.63, 3.8) is 0 Å². The summed E-state index contributed by atoms with van der Waals surface area (Å²) >= 11 is 0. The molecule has 1 unspecified atom stereocenters. The highest BCUT2D eigenvalue weighted by atomic mass is 16.5. The van der Waals surface area contributed by atoms with Gasteiger partial charge in [0, 0.05) is 6.04 Å². The fourth-order valence-corrected chi connectivity index (χ4v) is 1.95. The van der Waals surface area contributed by atoms with E-state index in [1.165, 1.54) is 18.4 Å². The number of nitrogens with one attached hydrogen (secondary N) is 1. The summed E-state index contributed by atoms with van der Waals surface area (Å²) in [6, 6.07) is 8.99. The van der Waals surface area contributed by atoms with Gasteiger partial charge < -0.3 is 10.1 Å². The lowest BCUT2D eigenvalue weighted by molar-refractivity contribution is 0.313. The van der Waals surface area contributed by atoms with E-state index in [-0.39, 0.29) is 0 Å². The zero-order valence-corrected chi connectivity index (χ0v) is 11.3. The molecule has 0 aromatic heterocycles. The minimum absolute atomic E-state index is 0.606. The van der Waals surface area contributed by atoms with Gasteiger partial charge in [0.1, 0.15) is 5.75 Å². The number of hydrogen-bond acceptors (Lipinski definition) is 2. The number of hydrogen-bond donors (Lipinski definition) is 1. The van der Waals surface area contributed by atoms with Gasteiger partial charge in [0.05, 0.1) is 6.61 Å². The van der Waals surface area contributed by atoms with Crippen molar-refractivity contribution in [2.24, 2.45) is 0 Å². The van der Waals surface area contributed by atoms with E-state index in [1.807, 2.05) is 13.1 Å². The first kappa shape index (κ1) is 14.0. The smallest absolute Gasteiger partial charge is 0.122 e. The van der Waals surface area contributed by atoms with Crippen molar-refractivity contribution in [2.45, 2.75) is 45.6 Å². The molecular weight excluding hydrogens is 210 g/mol. The van der Waals surface area contributed by atoms with Crippen molar-refractivity contribution in [3.8, 4) is 5.75 Å². The van der Waals surface area contributed by atoms with Crippen LogP contribution in [0.25, 0.3) is 0 Å². The Labute approximate surface area is 105 Å². The Morgan fingerprint density at radius 3 is 2.65 bits per heavy atom. The van der Waals surface area contributed by atoms with Crippen molar-refractivity contribution in [1.82, 2.24) is 5.32 Å². The third-order valence-corrected chi connectivity index (χ3v) is 3.10. The van der Waals surface area contributed by atoms with E-state index in [1.54, 1.807) is 0 Å². The Kier molecular flexibility index (Phi) is 6.71. The maximum atomic E-state index is 5.77. The average Bonchev–Trinajstić information content (AvgIpc) is 2.38. The summed E-state index contributed by atoms with van der Waals surface area (Å²) in [5, 5.41) is 3.34. The van der Waals surface area contributed by atoms with Crippen LogP contribution in [0.2, 0.25) is 0 Å². The van der Waals surface area contributed by atoms with Gasteiger partial charge in [0.25, 0.3) is 0 Å². The van der Waals surface area contributed by atoms with Crippen LogP contribution in [0.3, 0.4) is 0 Å². The Bertz CT molecular complexity index is 308. The highest BCUT2D eigenvalue weighted by Gasteiger charge is 2.07. The molecule has 0 saturated carbocycles. The van der Waals surface area contributed by atoms with Crippen molar-refractivity contribution < 1.29 is 4.74 Å². The van der Waals surface area contributed by atoms with Crippen molar-refractivity contribution in [1.29, 1.82) is 0 Å². The van der Waals surface area contributed by atoms with E-state index in [2.05, 4.69) is 37.4 Å². The first-order valence-corrected chi connectivity index (χ1v) is 6.69. The first-order chi connectivity index (χ1) is 8.31. The molecule has 0 fully saturated rings. The average molecular weight is 235 g/mol. The third kappa shape index (κ3) is 4.78. The van der Waals surface area contributed by atoms with Crippen molar-refractivity contribution in [2.75, 3.05) is 13.7 Å². The van der Waals surface area contributed by atoms with Gasteiger partial charge in [-0.3, -0.25) is 0 Å². The predicted octanol–water partition coefficient (Wildman–Crippen LogP) is 3.41. The van der Waals surface area contributed by atoms with Crippen molar-refractivity contribution in [3.05, 3.63) is 29.8 Å². The monoisotopic (exact) mass is 235 g/mol. The maximum absolute atomic E-state index is 5.77. The SMILES string of the molecule is CCCOc1ccccc1CCC(CC)NC. The summed E-state index contributed by atoms with van der Waals surface area (Å²) in [6.45, 7) is 5.16. The summed E-state index contributed by atoms with van der Waals surface area (Å²) < 4.78 is 5.77. The molecule has 1 N–H and O–H groups in total. The zero-order valence-electron chi connectivity index (χ0n) is 11.3. The largest absolute Gasteiger partial charge is 0.493 e. The van der Waals surface area contributed by atoms with Crippen LogP contribution in [0.5, 0.6) is 5.75 Å². The Morgan fingerprint density at radius 1 is 1.24 bits per heavy atom. The molecule has 2 heteroatoms. The molecular formula is C15H25NO. The second-order valence-corrected chi connectivity index (χ2v) is 4.39. The second-order valence-electron chi connectivity index (χ2n) is 4.39. The lowest BCUT2D eigenvalue weighted by Crippen LogP contribution is -2.24. The highest BCUT2D eigenvalue weighted by molar-refractivity contribution is 5.33. The van der Waals surface area contributed by atoms with Gasteiger partial charge in [-0.25, -0.2) is 0 Å². The van der Waals surface area contributed by atoms with E-state index in [0.717, 1.165) is 25.2 Å². The molecule has 0 saturated heterocycles. The maximum Gasteiger partial charge on any atom is 0.122 e. The summed E-state index contributed by atoms with van der Waals surface area (Å²) in [4.78, 5) is 0. The molecule has 0 heterocycles. The van der Waals surface area contributed by atoms with Crippen molar-refractivity contribution >= 4 is 0 Å². The minimum atomic E-state index is 0.606. The van der Waals surface area contributed by atoms with Gasteiger partial charge in [0.15, 0.2) is 0 Å². The molecule has 1 atom stereocenters. The summed E-state index contributed by atoms with van der Waals surface area (Å²) in [5.74, 6) is 1.06. The topological polar surface area (TPSA) is 21.3 Å². The molecule has 1 aromatic carbocycles. The molecule has 17 heavy (non-hydrogen) atoms. The highest BCUT2D eigenvalue weighted by Crippen LogP contribution is 2.20. The summed E-state index contributed by atoms with van der Waals surface area (Å²) in [6.07, 6.45) is 4.48. The molecule has 0 spiro atoms. The Balaban J connectivity index is 2.56. The van der Waals surface area contributed by atoms with Crippen LogP contribution < -0.4 is 10.1 Å². The van der Waals surface area contributed by atoms with Gasteiger partial charge in [-0.05, 0) is 44.4 Å². The Hall–Kier alpha value is -1.02. The van der Waals surface area contributed by atoms with Crippen LogP contribution in [0.15, 0.2) is 24.3 Å². The van der Waals surface area contributed by atoms with E-state index in [9.17, 15) is 0 Å². The molecule has 0 aliphatic carbocycles. The predicted molar refractivity (Wildman–Crippen MR) is 73.7 cm³/mol. The van der Waals surface area contributed by atoms with Crippen LogP contribution in [-0.2, 0) is 6.42 Å². The molecule has 0 amide bonds. The molecule has 0 aliphatic rings. The lowest BCUT2D eigenvalue weighted by Gasteiger charge is -2.15. The van der Waals surface area contributed by atoms with Gasteiger partial charge in [-0.15, -0.1) is 0 Å². The first-order valence-electron chi connectivity index (χ1n) is 6.69. The number of ether oxygens (including phenoxy) is 1. The van der Waals surface area contributed by atoms with Crippen LogP contribution in [-0.4, -0.2) is 19.7 Å². The van der Waals surface area contributed by atoms with Gasteiger partial charge in [-0.1, -0.05) is 32.0 Å². The van der Waals surface area contributed by atoms with Crippen LogP contribution >= 0.6 is 0 Å². The molecule has 0 aliphatic heterocycles. The van der Waals surface area contributed by atoms with Crippen LogP contribution in [0.4, 0.5) is 0 Å². The van der Waals surface area contributed by atoms with Gasteiger partial charge in [0.2, 0.25) is 0 Å². The number of benzene rings is 1. The van der Waals surface area contributed by atoms with Gasteiger partial charge >= 0.3 is 0 Å². The van der Waals surface area contributed by atoms with E-state index < -0.39 is 0 Å². The molecule has 2 nitrogen and oxygen atoms in total. The molecule has 1 aromatic rings.